The lowest BCUT2D eigenvalue weighted by Gasteiger charge is -2.24. The number of anilines is 1. The van der Waals surface area contributed by atoms with Gasteiger partial charge in [-0.25, -0.2) is 0 Å². The fourth-order valence-electron chi connectivity index (χ4n) is 2.46. The molecule has 0 spiro atoms. The molecule has 1 nitrogen and oxygen atoms in total. The number of hydrogen-bond acceptors (Lipinski definition) is 1. The van der Waals surface area contributed by atoms with Crippen LogP contribution < -0.4 is 5.32 Å². The largest absolute Gasteiger partial charge is 0.377 e. The Hall–Kier alpha value is -1.80. The normalized spacial score (nSPS) is 15.4. The molecule has 1 aliphatic rings. The van der Waals surface area contributed by atoms with Crippen LogP contribution in [0.15, 0.2) is 83.4 Å². The third kappa shape index (κ3) is 3.02. The molecular formula is C18H16BrN. The number of hydrogen-bond donors (Lipinski definition) is 1. The highest BCUT2D eigenvalue weighted by Gasteiger charge is 2.20. The minimum Gasteiger partial charge on any atom is -0.377 e. The Bertz CT molecular complexity index is 602. The number of benzene rings is 2. The van der Waals surface area contributed by atoms with Crippen LogP contribution in [0.3, 0.4) is 0 Å². The zero-order valence-corrected chi connectivity index (χ0v) is 12.6. The Balaban J connectivity index is 1.88. The first kappa shape index (κ1) is 13.2. The van der Waals surface area contributed by atoms with E-state index in [0.717, 1.165) is 10.2 Å². The highest BCUT2D eigenvalue weighted by atomic mass is 79.9. The van der Waals surface area contributed by atoms with Gasteiger partial charge in [0, 0.05) is 16.1 Å². The monoisotopic (exact) mass is 325 g/mol. The van der Waals surface area contributed by atoms with Crippen LogP contribution in [0.25, 0.3) is 0 Å². The van der Waals surface area contributed by atoms with Crippen LogP contribution in [-0.4, -0.2) is 0 Å². The lowest BCUT2D eigenvalue weighted by atomic mass is 9.94. The topological polar surface area (TPSA) is 12.0 Å². The molecule has 2 heteroatoms. The van der Waals surface area contributed by atoms with Crippen molar-refractivity contribution in [2.45, 2.75) is 6.04 Å². The molecule has 0 aliphatic heterocycles. The SMILES string of the molecule is Brc1ccc(NC(c2ccccc2)C2C=CC=C2)cc1. The van der Waals surface area contributed by atoms with Gasteiger partial charge >= 0.3 is 0 Å². The number of allylic oxidation sites excluding steroid dienone is 2. The third-order valence-corrected chi connectivity index (χ3v) is 4.02. The van der Waals surface area contributed by atoms with Gasteiger partial charge in [-0.1, -0.05) is 70.6 Å². The van der Waals surface area contributed by atoms with Crippen LogP contribution in [0.5, 0.6) is 0 Å². The van der Waals surface area contributed by atoms with E-state index in [1.54, 1.807) is 0 Å². The summed E-state index contributed by atoms with van der Waals surface area (Å²) in [6.07, 6.45) is 8.71. The molecule has 3 rings (SSSR count). The molecular weight excluding hydrogens is 310 g/mol. The van der Waals surface area contributed by atoms with Crippen molar-refractivity contribution in [3.05, 3.63) is 88.9 Å². The molecule has 1 atom stereocenters. The van der Waals surface area contributed by atoms with Gasteiger partial charge in [0.2, 0.25) is 0 Å². The molecule has 0 amide bonds. The molecule has 2 aromatic rings. The van der Waals surface area contributed by atoms with Crippen molar-refractivity contribution >= 4 is 21.6 Å². The van der Waals surface area contributed by atoms with Crippen LogP contribution in [0.1, 0.15) is 11.6 Å². The third-order valence-electron chi connectivity index (χ3n) is 3.49. The van der Waals surface area contributed by atoms with Gasteiger partial charge in [-0.2, -0.15) is 0 Å². The van der Waals surface area contributed by atoms with Gasteiger partial charge in [0.1, 0.15) is 0 Å². The van der Waals surface area contributed by atoms with E-state index in [-0.39, 0.29) is 6.04 Å². The summed E-state index contributed by atoms with van der Waals surface area (Å²) in [7, 11) is 0. The molecule has 0 fully saturated rings. The molecule has 0 heterocycles. The predicted molar refractivity (Wildman–Crippen MR) is 88.7 cm³/mol. The summed E-state index contributed by atoms with van der Waals surface area (Å²) in [5.74, 6) is 0.390. The van der Waals surface area contributed by atoms with Gasteiger partial charge in [-0.15, -0.1) is 0 Å². The van der Waals surface area contributed by atoms with E-state index in [2.05, 4.69) is 100 Å². The zero-order chi connectivity index (χ0) is 13.8. The fraction of sp³-hybridized carbons (Fsp3) is 0.111. The first-order valence-corrected chi connectivity index (χ1v) is 7.54. The molecule has 0 saturated carbocycles. The van der Waals surface area contributed by atoms with Gasteiger partial charge in [0.25, 0.3) is 0 Å². The molecule has 20 heavy (non-hydrogen) atoms. The van der Waals surface area contributed by atoms with E-state index in [1.807, 2.05) is 0 Å². The second kappa shape index (κ2) is 6.10. The Morgan fingerprint density at radius 1 is 0.850 bits per heavy atom. The summed E-state index contributed by atoms with van der Waals surface area (Å²) in [4.78, 5) is 0. The van der Waals surface area contributed by atoms with Crippen molar-refractivity contribution in [3.8, 4) is 0 Å². The highest BCUT2D eigenvalue weighted by Crippen LogP contribution is 2.31. The van der Waals surface area contributed by atoms with Gasteiger partial charge < -0.3 is 5.32 Å². The van der Waals surface area contributed by atoms with Crippen LogP contribution in [0.2, 0.25) is 0 Å². The Labute approximate surface area is 128 Å². The minimum atomic E-state index is 0.257. The summed E-state index contributed by atoms with van der Waals surface area (Å²) >= 11 is 3.47. The van der Waals surface area contributed by atoms with E-state index in [4.69, 9.17) is 0 Å². The Kier molecular flexibility index (Phi) is 4.03. The average Bonchev–Trinajstić information content (AvgIpc) is 3.01. The Morgan fingerprint density at radius 3 is 2.15 bits per heavy atom. The average molecular weight is 326 g/mol. The van der Waals surface area contributed by atoms with E-state index in [0.29, 0.717) is 5.92 Å². The molecule has 100 valence electrons. The van der Waals surface area contributed by atoms with Crippen molar-refractivity contribution in [3.63, 3.8) is 0 Å². The molecule has 1 N–H and O–H groups in total. The predicted octanol–water partition coefficient (Wildman–Crippen LogP) is 5.34. The fourth-order valence-corrected chi connectivity index (χ4v) is 2.72. The van der Waals surface area contributed by atoms with Gasteiger partial charge in [0.05, 0.1) is 6.04 Å². The maximum Gasteiger partial charge on any atom is 0.0611 e. The molecule has 2 aromatic carbocycles. The molecule has 0 saturated heterocycles. The highest BCUT2D eigenvalue weighted by molar-refractivity contribution is 9.10. The van der Waals surface area contributed by atoms with Crippen molar-refractivity contribution < 1.29 is 0 Å². The van der Waals surface area contributed by atoms with Crippen molar-refractivity contribution in [2.75, 3.05) is 5.32 Å². The standard InChI is InChI=1S/C18H16BrN/c19-16-10-12-17(13-11-16)20-18(15-8-4-5-9-15)14-6-2-1-3-7-14/h1-13,15,18,20H. The minimum absolute atomic E-state index is 0.257. The lowest BCUT2D eigenvalue weighted by molar-refractivity contribution is 0.668. The van der Waals surface area contributed by atoms with Gasteiger partial charge in [0.15, 0.2) is 0 Å². The Morgan fingerprint density at radius 2 is 1.50 bits per heavy atom. The number of halogens is 1. The van der Waals surface area contributed by atoms with Crippen molar-refractivity contribution in [1.82, 2.24) is 0 Å². The van der Waals surface area contributed by atoms with E-state index < -0.39 is 0 Å². The van der Waals surface area contributed by atoms with E-state index in [1.165, 1.54) is 5.56 Å². The summed E-state index contributed by atoms with van der Waals surface area (Å²) in [5.41, 5.74) is 2.44. The quantitative estimate of drug-likeness (QED) is 0.799. The summed E-state index contributed by atoms with van der Waals surface area (Å²) in [6.45, 7) is 0. The molecule has 1 aliphatic carbocycles. The summed E-state index contributed by atoms with van der Waals surface area (Å²) in [6, 6.07) is 19.2. The van der Waals surface area contributed by atoms with Crippen LogP contribution >= 0.6 is 15.9 Å². The molecule has 0 radical (unpaired) electrons. The molecule has 0 aromatic heterocycles. The number of nitrogens with one attached hydrogen (secondary N) is 1. The maximum atomic E-state index is 3.64. The number of rotatable bonds is 4. The summed E-state index contributed by atoms with van der Waals surface area (Å²) < 4.78 is 1.10. The van der Waals surface area contributed by atoms with Crippen LogP contribution in [0.4, 0.5) is 5.69 Å². The van der Waals surface area contributed by atoms with Crippen molar-refractivity contribution in [2.24, 2.45) is 5.92 Å². The second-order valence-electron chi connectivity index (χ2n) is 4.89. The smallest absolute Gasteiger partial charge is 0.0611 e. The van der Waals surface area contributed by atoms with Gasteiger partial charge in [-0.3, -0.25) is 0 Å². The van der Waals surface area contributed by atoms with E-state index >= 15 is 0 Å². The molecule has 1 unspecified atom stereocenters. The lowest BCUT2D eigenvalue weighted by Crippen LogP contribution is -2.17. The first-order valence-electron chi connectivity index (χ1n) is 6.75. The first-order chi connectivity index (χ1) is 9.83. The van der Waals surface area contributed by atoms with Crippen molar-refractivity contribution in [1.29, 1.82) is 0 Å². The molecule has 0 bridgehead atoms. The maximum absolute atomic E-state index is 3.64. The van der Waals surface area contributed by atoms with Gasteiger partial charge in [-0.05, 0) is 29.8 Å². The van der Waals surface area contributed by atoms with E-state index in [9.17, 15) is 0 Å². The van der Waals surface area contributed by atoms with Crippen LogP contribution in [-0.2, 0) is 0 Å². The zero-order valence-electron chi connectivity index (χ0n) is 11.0. The van der Waals surface area contributed by atoms with Crippen LogP contribution in [0, 0.1) is 5.92 Å². The second-order valence-corrected chi connectivity index (χ2v) is 5.80. The summed E-state index contributed by atoms with van der Waals surface area (Å²) in [5, 5.41) is 3.64.